The van der Waals surface area contributed by atoms with Crippen LogP contribution in [0.2, 0.25) is 0 Å². The molecule has 1 atom stereocenters. The van der Waals surface area contributed by atoms with Gasteiger partial charge in [0.1, 0.15) is 0 Å². The van der Waals surface area contributed by atoms with Crippen LogP contribution >= 0.6 is 0 Å². The Hall–Kier alpha value is -1.65. The van der Waals surface area contributed by atoms with Crippen molar-refractivity contribution >= 4 is 0 Å². The number of benzene rings is 1. The zero-order chi connectivity index (χ0) is 13.8. The summed E-state index contributed by atoms with van der Waals surface area (Å²) >= 11 is 0. The molecule has 102 valence electrons. The molecule has 0 aliphatic rings. The van der Waals surface area contributed by atoms with Gasteiger partial charge >= 0.3 is 0 Å². The van der Waals surface area contributed by atoms with Crippen molar-refractivity contribution in [2.45, 2.75) is 39.8 Å². The highest BCUT2D eigenvalue weighted by atomic mass is 15.3. The number of aromatic nitrogens is 2. The summed E-state index contributed by atoms with van der Waals surface area (Å²) in [6.45, 7) is 7.21. The van der Waals surface area contributed by atoms with Gasteiger partial charge in [0.2, 0.25) is 0 Å². The van der Waals surface area contributed by atoms with Crippen molar-refractivity contribution in [1.82, 2.24) is 15.2 Å². The molecule has 1 unspecified atom stereocenters. The molecule has 1 aromatic heterocycles. The van der Waals surface area contributed by atoms with Crippen LogP contribution in [0.25, 0.3) is 0 Å². The molecular formula is C15H22N4. The molecule has 0 bridgehead atoms. The summed E-state index contributed by atoms with van der Waals surface area (Å²) in [4.78, 5) is 0. The predicted octanol–water partition coefficient (Wildman–Crippen LogP) is 2.27. The lowest BCUT2D eigenvalue weighted by Crippen LogP contribution is -2.31. The first-order valence-electron chi connectivity index (χ1n) is 6.69. The van der Waals surface area contributed by atoms with Crippen LogP contribution in [-0.4, -0.2) is 9.78 Å². The van der Waals surface area contributed by atoms with Crippen molar-refractivity contribution in [1.29, 1.82) is 0 Å². The van der Waals surface area contributed by atoms with Crippen LogP contribution < -0.4 is 11.3 Å². The molecule has 0 aliphatic heterocycles. The lowest BCUT2D eigenvalue weighted by atomic mass is 9.99. The maximum atomic E-state index is 5.71. The van der Waals surface area contributed by atoms with Gasteiger partial charge in [-0.3, -0.25) is 16.0 Å². The molecule has 0 saturated carbocycles. The first-order valence-corrected chi connectivity index (χ1v) is 6.69. The Morgan fingerprint density at radius 3 is 2.68 bits per heavy atom. The van der Waals surface area contributed by atoms with Crippen molar-refractivity contribution < 1.29 is 0 Å². The second kappa shape index (κ2) is 5.99. The summed E-state index contributed by atoms with van der Waals surface area (Å²) in [5.41, 5.74) is 7.95. The maximum Gasteiger partial charge on any atom is 0.0669 e. The number of hydrazine groups is 1. The molecule has 4 heteroatoms. The highest BCUT2D eigenvalue weighted by molar-refractivity contribution is 5.31. The highest BCUT2D eigenvalue weighted by Crippen LogP contribution is 2.19. The summed E-state index contributed by atoms with van der Waals surface area (Å²) in [5, 5.41) is 4.30. The lowest BCUT2D eigenvalue weighted by molar-refractivity contribution is 0.490. The lowest BCUT2D eigenvalue weighted by Gasteiger charge is -2.18. The van der Waals surface area contributed by atoms with E-state index in [4.69, 9.17) is 5.84 Å². The second-order valence-corrected chi connectivity index (χ2v) is 4.91. The van der Waals surface area contributed by atoms with E-state index in [0.29, 0.717) is 0 Å². The number of hydrogen-bond donors (Lipinski definition) is 2. The third-order valence-electron chi connectivity index (χ3n) is 3.62. The van der Waals surface area contributed by atoms with Crippen LogP contribution in [0.15, 0.2) is 30.5 Å². The number of hydrogen-bond acceptors (Lipinski definition) is 3. The van der Waals surface area contributed by atoms with Gasteiger partial charge in [-0.25, -0.2) is 0 Å². The molecule has 0 aliphatic carbocycles. The Balaban J connectivity index is 2.21. The number of aryl methyl sites for hydroxylation is 3. The minimum absolute atomic E-state index is 0.0876. The van der Waals surface area contributed by atoms with Crippen LogP contribution in [0.3, 0.4) is 0 Å². The first-order chi connectivity index (χ1) is 9.15. The summed E-state index contributed by atoms with van der Waals surface area (Å²) in [5.74, 6) is 5.71. The van der Waals surface area contributed by atoms with Crippen molar-refractivity contribution in [3.63, 3.8) is 0 Å². The minimum atomic E-state index is 0.0876. The summed E-state index contributed by atoms with van der Waals surface area (Å²) in [6.07, 6.45) is 2.69. The fraction of sp³-hybridized carbons (Fsp3) is 0.400. The van der Waals surface area contributed by atoms with E-state index < -0.39 is 0 Å². The fourth-order valence-electron chi connectivity index (χ4n) is 2.32. The monoisotopic (exact) mass is 258 g/mol. The third kappa shape index (κ3) is 3.03. The highest BCUT2D eigenvalue weighted by Gasteiger charge is 2.15. The quantitative estimate of drug-likeness (QED) is 0.639. The summed E-state index contributed by atoms with van der Waals surface area (Å²) < 4.78 is 1.98. The van der Waals surface area contributed by atoms with E-state index in [1.807, 2.05) is 16.9 Å². The Kier molecular flexibility index (Phi) is 4.35. The van der Waals surface area contributed by atoms with Gasteiger partial charge in [-0.2, -0.15) is 5.10 Å². The van der Waals surface area contributed by atoms with Crippen LogP contribution in [-0.2, 0) is 13.0 Å². The van der Waals surface area contributed by atoms with Gasteiger partial charge < -0.3 is 0 Å². The Morgan fingerprint density at radius 2 is 2.05 bits per heavy atom. The molecule has 19 heavy (non-hydrogen) atoms. The van der Waals surface area contributed by atoms with E-state index in [2.05, 4.69) is 49.5 Å². The van der Waals surface area contributed by atoms with Crippen LogP contribution in [0, 0.1) is 13.8 Å². The summed E-state index contributed by atoms with van der Waals surface area (Å²) in [6, 6.07) is 8.67. The largest absolute Gasteiger partial charge is 0.271 e. The van der Waals surface area contributed by atoms with Crippen molar-refractivity contribution in [2.24, 2.45) is 5.84 Å². The molecule has 4 nitrogen and oxygen atoms in total. The van der Waals surface area contributed by atoms with Gasteiger partial charge in [-0.1, -0.05) is 18.2 Å². The van der Waals surface area contributed by atoms with Gasteiger partial charge in [-0.15, -0.1) is 0 Å². The van der Waals surface area contributed by atoms with Crippen LogP contribution in [0.5, 0.6) is 0 Å². The van der Waals surface area contributed by atoms with E-state index in [0.717, 1.165) is 18.7 Å². The molecule has 1 heterocycles. The van der Waals surface area contributed by atoms with E-state index in [1.165, 1.54) is 16.7 Å². The van der Waals surface area contributed by atoms with Crippen molar-refractivity contribution in [3.8, 4) is 0 Å². The molecule has 0 saturated heterocycles. The molecule has 3 N–H and O–H groups in total. The average molecular weight is 258 g/mol. The van der Waals surface area contributed by atoms with E-state index >= 15 is 0 Å². The zero-order valence-electron chi connectivity index (χ0n) is 11.9. The Morgan fingerprint density at radius 1 is 1.26 bits per heavy atom. The minimum Gasteiger partial charge on any atom is -0.271 e. The van der Waals surface area contributed by atoms with E-state index in [-0.39, 0.29) is 6.04 Å². The second-order valence-electron chi connectivity index (χ2n) is 4.91. The third-order valence-corrected chi connectivity index (χ3v) is 3.62. The molecular weight excluding hydrogens is 236 g/mol. The summed E-state index contributed by atoms with van der Waals surface area (Å²) in [7, 11) is 0. The molecule has 0 fully saturated rings. The Labute approximate surface area is 114 Å². The van der Waals surface area contributed by atoms with Gasteiger partial charge in [-0.05, 0) is 49.9 Å². The molecule has 2 rings (SSSR count). The number of nitrogens with two attached hydrogens (primary N) is 1. The van der Waals surface area contributed by atoms with Gasteiger partial charge in [0.05, 0.1) is 11.7 Å². The molecule has 0 radical (unpaired) electrons. The number of nitrogens with zero attached hydrogens (tertiary/aromatic N) is 2. The molecule has 2 aromatic rings. The smallest absolute Gasteiger partial charge is 0.0669 e. The topological polar surface area (TPSA) is 55.9 Å². The molecule has 0 spiro atoms. The standard InChI is InChI=1S/C15H22N4/c1-4-19-15(7-8-17-19)14(18-16)10-13-6-5-11(2)12(3)9-13/h5-9,14,18H,4,10,16H2,1-3H3. The van der Waals surface area contributed by atoms with E-state index in [1.54, 1.807) is 0 Å². The predicted molar refractivity (Wildman–Crippen MR) is 77.6 cm³/mol. The zero-order valence-corrected chi connectivity index (χ0v) is 11.9. The number of nitrogens with one attached hydrogen (secondary N) is 1. The molecule has 1 aromatic carbocycles. The maximum absolute atomic E-state index is 5.71. The Bertz CT molecular complexity index is 545. The van der Waals surface area contributed by atoms with Crippen LogP contribution in [0.4, 0.5) is 0 Å². The van der Waals surface area contributed by atoms with Crippen molar-refractivity contribution in [2.75, 3.05) is 0 Å². The normalized spacial score (nSPS) is 12.6. The number of rotatable bonds is 5. The average Bonchev–Trinajstić information content (AvgIpc) is 2.88. The van der Waals surface area contributed by atoms with E-state index in [9.17, 15) is 0 Å². The molecule has 0 amide bonds. The first kappa shape index (κ1) is 13.8. The fourth-order valence-corrected chi connectivity index (χ4v) is 2.32. The van der Waals surface area contributed by atoms with Gasteiger partial charge in [0.15, 0.2) is 0 Å². The van der Waals surface area contributed by atoms with Gasteiger partial charge in [0.25, 0.3) is 0 Å². The van der Waals surface area contributed by atoms with Crippen molar-refractivity contribution in [3.05, 3.63) is 52.8 Å². The SMILES string of the molecule is CCn1nccc1C(Cc1ccc(C)c(C)c1)NN. The van der Waals surface area contributed by atoms with Gasteiger partial charge in [0, 0.05) is 12.7 Å². The van der Waals surface area contributed by atoms with Crippen LogP contribution in [0.1, 0.15) is 35.3 Å².